The van der Waals surface area contributed by atoms with Gasteiger partial charge < -0.3 is 19.2 Å². The monoisotopic (exact) mass is 212 g/mol. The topological polar surface area (TPSA) is 56.5 Å². The maximum atomic E-state index is 5.22. The number of oxazole rings is 1. The van der Waals surface area contributed by atoms with Crippen molar-refractivity contribution in [3.8, 4) is 6.08 Å². The first-order chi connectivity index (χ1) is 7.38. The summed E-state index contributed by atoms with van der Waals surface area (Å²) < 4.78 is 15.2. The number of methoxy groups -OCH3 is 1. The molecule has 15 heavy (non-hydrogen) atoms. The maximum absolute atomic E-state index is 5.22. The van der Waals surface area contributed by atoms with Crippen LogP contribution in [0, 0.1) is 0 Å². The fraction of sp³-hybridized carbons (Fsp3) is 0.700. The van der Waals surface area contributed by atoms with Gasteiger partial charge in [0, 0.05) is 19.7 Å². The van der Waals surface area contributed by atoms with Crippen LogP contribution in [0.4, 0.5) is 0 Å². The molecule has 1 N–H and O–H groups in total. The zero-order chi connectivity index (χ0) is 10.5. The minimum absolute atomic E-state index is 0.319. The molecule has 1 saturated carbocycles. The summed E-state index contributed by atoms with van der Waals surface area (Å²) in [5.41, 5.74) is 0.884. The van der Waals surface area contributed by atoms with Gasteiger partial charge in [-0.2, -0.15) is 4.98 Å². The minimum Gasteiger partial charge on any atom is -0.448 e. The second-order valence-corrected chi connectivity index (χ2v) is 3.60. The summed E-state index contributed by atoms with van der Waals surface area (Å²) in [4.78, 5) is 4.17. The van der Waals surface area contributed by atoms with Gasteiger partial charge in [0.25, 0.3) is 0 Å². The van der Waals surface area contributed by atoms with E-state index in [2.05, 4.69) is 10.3 Å². The third kappa shape index (κ3) is 3.53. The van der Waals surface area contributed by atoms with Crippen LogP contribution in [0.1, 0.15) is 18.5 Å². The Hall–Kier alpha value is -1.07. The van der Waals surface area contributed by atoms with Crippen molar-refractivity contribution in [1.82, 2.24) is 10.3 Å². The smallest absolute Gasteiger partial charge is 0.393 e. The second-order valence-electron chi connectivity index (χ2n) is 3.60. The van der Waals surface area contributed by atoms with Crippen LogP contribution in [-0.2, 0) is 11.3 Å². The van der Waals surface area contributed by atoms with Gasteiger partial charge in [-0.3, -0.25) is 0 Å². The first kappa shape index (κ1) is 10.4. The van der Waals surface area contributed by atoms with Gasteiger partial charge in [-0.15, -0.1) is 0 Å². The van der Waals surface area contributed by atoms with E-state index in [1.807, 2.05) is 0 Å². The summed E-state index contributed by atoms with van der Waals surface area (Å²) in [6, 6.07) is 0.680. The number of ether oxygens (including phenoxy) is 2. The van der Waals surface area contributed by atoms with Gasteiger partial charge >= 0.3 is 6.08 Å². The van der Waals surface area contributed by atoms with Gasteiger partial charge in [0.2, 0.25) is 0 Å². The second kappa shape index (κ2) is 5.14. The van der Waals surface area contributed by atoms with E-state index in [0.29, 0.717) is 25.3 Å². The van der Waals surface area contributed by atoms with Crippen LogP contribution in [0.2, 0.25) is 0 Å². The van der Waals surface area contributed by atoms with Gasteiger partial charge in [-0.1, -0.05) is 0 Å². The number of nitrogens with one attached hydrogen (secondary N) is 1. The lowest BCUT2D eigenvalue weighted by atomic mass is 10.5. The molecule has 84 valence electrons. The van der Waals surface area contributed by atoms with E-state index in [1.54, 1.807) is 13.4 Å². The lowest BCUT2D eigenvalue weighted by Gasteiger charge is -1.98. The zero-order valence-electron chi connectivity index (χ0n) is 8.86. The Labute approximate surface area is 88.8 Å². The van der Waals surface area contributed by atoms with E-state index in [1.165, 1.54) is 12.8 Å². The first-order valence-electron chi connectivity index (χ1n) is 5.18. The molecule has 5 nitrogen and oxygen atoms in total. The van der Waals surface area contributed by atoms with Crippen LogP contribution in [0.3, 0.4) is 0 Å². The van der Waals surface area contributed by atoms with Crippen molar-refractivity contribution in [1.29, 1.82) is 0 Å². The van der Waals surface area contributed by atoms with Crippen molar-refractivity contribution in [2.45, 2.75) is 25.4 Å². The normalized spacial score (nSPS) is 15.5. The lowest BCUT2D eigenvalue weighted by Crippen LogP contribution is -2.15. The number of rotatable bonds is 7. The van der Waals surface area contributed by atoms with Gasteiger partial charge in [-0.05, 0) is 12.8 Å². The van der Waals surface area contributed by atoms with Gasteiger partial charge in [-0.25, -0.2) is 0 Å². The van der Waals surface area contributed by atoms with Crippen molar-refractivity contribution in [3.63, 3.8) is 0 Å². The molecule has 5 heteroatoms. The highest BCUT2D eigenvalue weighted by Crippen LogP contribution is 2.19. The molecule has 0 spiro atoms. The van der Waals surface area contributed by atoms with E-state index >= 15 is 0 Å². The van der Waals surface area contributed by atoms with Crippen LogP contribution in [-0.4, -0.2) is 31.3 Å². The minimum atomic E-state index is 0.319. The van der Waals surface area contributed by atoms with Crippen LogP contribution >= 0.6 is 0 Å². The molecule has 1 aliphatic rings. The summed E-state index contributed by atoms with van der Waals surface area (Å²) in [5.74, 6) is 0. The van der Waals surface area contributed by atoms with Gasteiger partial charge in [0.05, 0.1) is 12.3 Å². The third-order valence-corrected chi connectivity index (χ3v) is 2.19. The van der Waals surface area contributed by atoms with Crippen molar-refractivity contribution in [2.75, 3.05) is 20.3 Å². The molecule has 0 saturated heterocycles. The summed E-state index contributed by atoms with van der Waals surface area (Å²) >= 11 is 0. The standard InChI is InChI=1S/C10H16N2O3/c1-13-4-5-14-10-12-9(7-15-10)6-11-8-2-3-8/h7-8,11H,2-6H2,1H3. The average molecular weight is 212 g/mol. The highest BCUT2D eigenvalue weighted by Gasteiger charge is 2.20. The Morgan fingerprint density at radius 3 is 3.13 bits per heavy atom. The summed E-state index contributed by atoms with van der Waals surface area (Å²) in [7, 11) is 1.63. The molecule has 1 aromatic heterocycles. The number of nitrogens with zero attached hydrogens (tertiary/aromatic N) is 1. The van der Waals surface area contributed by atoms with Crippen molar-refractivity contribution >= 4 is 0 Å². The largest absolute Gasteiger partial charge is 0.448 e. The SMILES string of the molecule is COCCOc1nc(CNC2CC2)co1. The van der Waals surface area contributed by atoms with Crippen molar-refractivity contribution in [2.24, 2.45) is 0 Å². The summed E-state index contributed by atoms with van der Waals surface area (Å²) in [6.45, 7) is 1.76. The molecule has 0 atom stereocenters. The van der Waals surface area contributed by atoms with Crippen molar-refractivity contribution < 1.29 is 13.9 Å². The number of hydrogen-bond donors (Lipinski definition) is 1. The number of aromatic nitrogens is 1. The fourth-order valence-corrected chi connectivity index (χ4v) is 1.18. The highest BCUT2D eigenvalue weighted by molar-refractivity contribution is 5.00. The molecule has 1 aromatic rings. The van der Waals surface area contributed by atoms with Crippen molar-refractivity contribution in [3.05, 3.63) is 12.0 Å². The Bertz CT molecular complexity index is 297. The molecule has 0 aliphatic heterocycles. The molecule has 0 bridgehead atoms. The molecule has 0 amide bonds. The quantitative estimate of drug-likeness (QED) is 0.682. The molecule has 2 rings (SSSR count). The van der Waals surface area contributed by atoms with E-state index in [4.69, 9.17) is 13.9 Å². The zero-order valence-corrected chi connectivity index (χ0v) is 8.86. The Balaban J connectivity index is 1.70. The predicted molar refractivity (Wildman–Crippen MR) is 53.7 cm³/mol. The highest BCUT2D eigenvalue weighted by atomic mass is 16.6. The molecule has 1 heterocycles. The molecule has 1 aliphatic carbocycles. The van der Waals surface area contributed by atoms with E-state index < -0.39 is 0 Å². The molecule has 0 radical (unpaired) electrons. The number of hydrogen-bond acceptors (Lipinski definition) is 5. The van der Waals surface area contributed by atoms with Gasteiger partial charge in [0.1, 0.15) is 12.9 Å². The Morgan fingerprint density at radius 2 is 2.40 bits per heavy atom. The molecule has 0 aromatic carbocycles. The molecule has 1 fully saturated rings. The van der Waals surface area contributed by atoms with Crippen LogP contribution in [0.5, 0.6) is 6.08 Å². The molecular formula is C10H16N2O3. The maximum Gasteiger partial charge on any atom is 0.393 e. The lowest BCUT2D eigenvalue weighted by molar-refractivity contribution is 0.126. The van der Waals surface area contributed by atoms with Crippen LogP contribution in [0.25, 0.3) is 0 Å². The first-order valence-corrected chi connectivity index (χ1v) is 5.18. The van der Waals surface area contributed by atoms with Crippen LogP contribution < -0.4 is 10.1 Å². The Kier molecular flexibility index (Phi) is 3.58. The van der Waals surface area contributed by atoms with Gasteiger partial charge in [0.15, 0.2) is 0 Å². The summed E-state index contributed by atoms with van der Waals surface area (Å²) in [5, 5.41) is 3.35. The van der Waals surface area contributed by atoms with E-state index in [-0.39, 0.29) is 0 Å². The Morgan fingerprint density at radius 1 is 1.53 bits per heavy atom. The predicted octanol–water partition coefficient (Wildman–Crippen LogP) is 0.952. The van der Waals surface area contributed by atoms with E-state index in [0.717, 1.165) is 12.2 Å². The van der Waals surface area contributed by atoms with Crippen LogP contribution in [0.15, 0.2) is 10.7 Å². The average Bonchev–Trinajstić information content (AvgIpc) is 2.97. The van der Waals surface area contributed by atoms with E-state index in [9.17, 15) is 0 Å². The molecular weight excluding hydrogens is 196 g/mol. The third-order valence-electron chi connectivity index (χ3n) is 2.19. The molecule has 0 unspecified atom stereocenters. The summed E-state index contributed by atoms with van der Waals surface area (Å²) in [6.07, 6.45) is 4.49. The fourth-order valence-electron chi connectivity index (χ4n) is 1.18.